The Kier molecular flexibility index (Phi) is 6.34. The third-order valence-corrected chi connectivity index (χ3v) is 6.62. The summed E-state index contributed by atoms with van der Waals surface area (Å²) in [7, 11) is 1.58. The fourth-order valence-electron chi connectivity index (χ4n) is 4.42. The molecule has 0 fully saturated rings. The summed E-state index contributed by atoms with van der Waals surface area (Å²) < 4.78 is 18.3. The van der Waals surface area contributed by atoms with Gasteiger partial charge in [-0.05, 0) is 54.4 Å². The minimum Gasteiger partial charge on any atom is -0.493 e. The van der Waals surface area contributed by atoms with E-state index in [0.29, 0.717) is 40.3 Å². The highest BCUT2D eigenvalue weighted by molar-refractivity contribution is 9.10. The average Bonchev–Trinajstić information content (AvgIpc) is 3.17. The standard InChI is InChI=1S/C28H24BrNO5/c1-3-4-14-34-22-12-10-17(15-23(22)33-2)25-24-26(31)20-16-18(29)11-13-21(20)35-27(24)28(32)30(25)19-8-6-5-7-9-19/h5-13,15-16,25H,3-4,14H2,1-2H3. The fourth-order valence-corrected chi connectivity index (χ4v) is 4.78. The average molecular weight is 534 g/mol. The quantitative estimate of drug-likeness (QED) is 0.254. The Labute approximate surface area is 211 Å². The molecule has 1 aliphatic rings. The SMILES string of the molecule is CCCCOc1ccc(C2c3c(oc4ccc(Br)cc4c3=O)C(=O)N2c2ccccc2)cc1OC. The number of hydrogen-bond acceptors (Lipinski definition) is 5. The molecule has 1 atom stereocenters. The van der Waals surface area contributed by atoms with Crippen molar-refractivity contribution in [1.29, 1.82) is 0 Å². The van der Waals surface area contributed by atoms with E-state index in [2.05, 4.69) is 22.9 Å². The van der Waals surface area contributed by atoms with E-state index in [1.165, 1.54) is 0 Å². The van der Waals surface area contributed by atoms with Crippen LogP contribution in [-0.4, -0.2) is 19.6 Å². The first-order valence-electron chi connectivity index (χ1n) is 11.5. The van der Waals surface area contributed by atoms with Crippen molar-refractivity contribution in [3.8, 4) is 11.5 Å². The normalized spacial score (nSPS) is 14.9. The lowest BCUT2D eigenvalue weighted by Crippen LogP contribution is -2.29. The van der Waals surface area contributed by atoms with Crippen molar-refractivity contribution < 1.29 is 18.7 Å². The molecule has 6 nitrogen and oxygen atoms in total. The van der Waals surface area contributed by atoms with Crippen LogP contribution in [0.4, 0.5) is 5.69 Å². The molecule has 0 aliphatic carbocycles. The second-order valence-electron chi connectivity index (χ2n) is 8.34. The third-order valence-electron chi connectivity index (χ3n) is 6.13. The Hall–Kier alpha value is -3.58. The molecular weight excluding hydrogens is 510 g/mol. The molecule has 0 saturated heterocycles. The first-order valence-corrected chi connectivity index (χ1v) is 12.3. The molecule has 2 heterocycles. The zero-order valence-corrected chi connectivity index (χ0v) is 21.0. The minimum atomic E-state index is -0.682. The maximum Gasteiger partial charge on any atom is 0.295 e. The van der Waals surface area contributed by atoms with Crippen LogP contribution in [0.15, 0.2) is 80.4 Å². The number of hydrogen-bond donors (Lipinski definition) is 0. The van der Waals surface area contributed by atoms with Gasteiger partial charge in [-0.1, -0.05) is 53.5 Å². The van der Waals surface area contributed by atoms with E-state index in [4.69, 9.17) is 13.9 Å². The molecule has 178 valence electrons. The molecule has 5 rings (SSSR count). The number of ether oxygens (including phenoxy) is 2. The van der Waals surface area contributed by atoms with Crippen LogP contribution in [0.1, 0.15) is 47.5 Å². The highest BCUT2D eigenvalue weighted by Crippen LogP contribution is 2.43. The maximum atomic E-state index is 13.8. The zero-order chi connectivity index (χ0) is 24.5. The molecule has 0 N–H and O–H groups in total. The second-order valence-corrected chi connectivity index (χ2v) is 9.26. The van der Waals surface area contributed by atoms with Gasteiger partial charge in [0.05, 0.1) is 30.7 Å². The number of rotatable bonds is 7. The molecule has 0 bridgehead atoms. The maximum absolute atomic E-state index is 13.8. The van der Waals surface area contributed by atoms with Crippen molar-refractivity contribution in [2.45, 2.75) is 25.8 Å². The number of halogens is 1. The van der Waals surface area contributed by atoms with E-state index >= 15 is 0 Å². The lowest BCUT2D eigenvalue weighted by molar-refractivity contribution is 0.0971. The Morgan fingerprint density at radius 1 is 1.00 bits per heavy atom. The van der Waals surface area contributed by atoms with Gasteiger partial charge in [0.15, 0.2) is 16.9 Å². The molecule has 35 heavy (non-hydrogen) atoms. The molecule has 1 unspecified atom stereocenters. The summed E-state index contributed by atoms with van der Waals surface area (Å²) in [5.41, 5.74) is 1.84. The molecule has 7 heteroatoms. The zero-order valence-electron chi connectivity index (χ0n) is 19.4. The van der Waals surface area contributed by atoms with E-state index in [1.807, 2.05) is 48.5 Å². The van der Waals surface area contributed by atoms with Crippen molar-refractivity contribution in [3.63, 3.8) is 0 Å². The van der Waals surface area contributed by atoms with Crippen LogP contribution in [0.3, 0.4) is 0 Å². The summed E-state index contributed by atoms with van der Waals surface area (Å²) in [6.07, 6.45) is 1.95. The lowest BCUT2D eigenvalue weighted by atomic mass is 9.97. The number of anilines is 1. The summed E-state index contributed by atoms with van der Waals surface area (Å²) >= 11 is 3.43. The van der Waals surface area contributed by atoms with Gasteiger partial charge in [0.1, 0.15) is 5.58 Å². The van der Waals surface area contributed by atoms with E-state index in [-0.39, 0.29) is 17.1 Å². The second kappa shape index (κ2) is 9.58. The molecule has 1 amide bonds. The fraction of sp³-hybridized carbons (Fsp3) is 0.214. The summed E-state index contributed by atoms with van der Waals surface area (Å²) in [6.45, 7) is 2.68. The molecular formula is C28H24BrNO5. The number of benzene rings is 3. The smallest absolute Gasteiger partial charge is 0.295 e. The summed E-state index contributed by atoms with van der Waals surface area (Å²) in [4.78, 5) is 29.0. The number of amides is 1. The number of unbranched alkanes of at least 4 members (excludes halogenated alkanes) is 1. The first-order chi connectivity index (χ1) is 17.0. The summed E-state index contributed by atoms with van der Waals surface area (Å²) in [6, 6.07) is 19.3. The van der Waals surface area contributed by atoms with Gasteiger partial charge in [0, 0.05) is 10.2 Å². The van der Waals surface area contributed by atoms with Gasteiger partial charge in [-0.2, -0.15) is 0 Å². The summed E-state index contributed by atoms with van der Waals surface area (Å²) in [5, 5.41) is 0.414. The molecule has 0 radical (unpaired) electrons. The van der Waals surface area contributed by atoms with Gasteiger partial charge in [-0.3, -0.25) is 14.5 Å². The van der Waals surface area contributed by atoms with E-state index in [1.54, 1.807) is 30.2 Å². The molecule has 0 saturated carbocycles. The Balaban J connectivity index is 1.71. The van der Waals surface area contributed by atoms with E-state index < -0.39 is 6.04 Å². The predicted molar refractivity (Wildman–Crippen MR) is 139 cm³/mol. The van der Waals surface area contributed by atoms with Gasteiger partial charge in [0.2, 0.25) is 5.76 Å². The van der Waals surface area contributed by atoms with E-state index in [9.17, 15) is 9.59 Å². The van der Waals surface area contributed by atoms with Crippen molar-refractivity contribution >= 4 is 38.5 Å². The molecule has 1 aliphatic heterocycles. The topological polar surface area (TPSA) is 69.0 Å². The van der Waals surface area contributed by atoms with Gasteiger partial charge < -0.3 is 13.9 Å². The van der Waals surface area contributed by atoms with Gasteiger partial charge in [-0.25, -0.2) is 0 Å². The van der Waals surface area contributed by atoms with Crippen LogP contribution >= 0.6 is 15.9 Å². The van der Waals surface area contributed by atoms with Crippen LogP contribution in [0.25, 0.3) is 11.0 Å². The Morgan fingerprint density at radius 2 is 1.80 bits per heavy atom. The Morgan fingerprint density at radius 3 is 2.54 bits per heavy atom. The minimum absolute atomic E-state index is 0.0564. The lowest BCUT2D eigenvalue weighted by Gasteiger charge is -2.26. The first kappa shape index (κ1) is 23.2. The van der Waals surface area contributed by atoms with Crippen LogP contribution < -0.4 is 19.8 Å². The van der Waals surface area contributed by atoms with Gasteiger partial charge in [-0.15, -0.1) is 0 Å². The van der Waals surface area contributed by atoms with Gasteiger partial charge in [0.25, 0.3) is 5.91 Å². The number of nitrogens with zero attached hydrogens (tertiary/aromatic N) is 1. The van der Waals surface area contributed by atoms with Crippen LogP contribution in [0.5, 0.6) is 11.5 Å². The molecule has 4 aromatic rings. The molecule has 1 aromatic heterocycles. The van der Waals surface area contributed by atoms with E-state index in [0.717, 1.165) is 22.9 Å². The highest BCUT2D eigenvalue weighted by Gasteiger charge is 2.43. The largest absolute Gasteiger partial charge is 0.493 e. The number of para-hydroxylation sites is 1. The van der Waals surface area contributed by atoms with Crippen LogP contribution in [-0.2, 0) is 0 Å². The molecule has 0 spiro atoms. The van der Waals surface area contributed by atoms with Crippen molar-refractivity contribution in [3.05, 3.63) is 98.3 Å². The van der Waals surface area contributed by atoms with Crippen molar-refractivity contribution in [2.75, 3.05) is 18.6 Å². The predicted octanol–water partition coefficient (Wildman–Crippen LogP) is 6.49. The van der Waals surface area contributed by atoms with Crippen molar-refractivity contribution in [1.82, 2.24) is 0 Å². The van der Waals surface area contributed by atoms with Crippen LogP contribution in [0, 0.1) is 0 Å². The number of carbonyl (C=O) groups is 1. The Bertz CT molecular complexity index is 1460. The number of methoxy groups -OCH3 is 1. The monoisotopic (exact) mass is 533 g/mol. The van der Waals surface area contributed by atoms with Gasteiger partial charge >= 0.3 is 0 Å². The summed E-state index contributed by atoms with van der Waals surface area (Å²) in [5.74, 6) is 0.858. The molecule has 3 aromatic carbocycles. The number of carbonyl (C=O) groups excluding carboxylic acids is 1. The van der Waals surface area contributed by atoms with Crippen molar-refractivity contribution in [2.24, 2.45) is 0 Å². The highest BCUT2D eigenvalue weighted by atomic mass is 79.9. The number of fused-ring (bicyclic) bond motifs is 2. The third kappa shape index (κ3) is 4.10. The van der Waals surface area contributed by atoms with Crippen LogP contribution in [0.2, 0.25) is 0 Å².